The van der Waals surface area contributed by atoms with Gasteiger partial charge in [0, 0.05) is 17.0 Å². The molecule has 1 unspecified atom stereocenters. The zero-order chi connectivity index (χ0) is 12.4. The molecule has 17 heavy (non-hydrogen) atoms. The lowest BCUT2D eigenvalue weighted by Gasteiger charge is -2.22. The van der Waals surface area contributed by atoms with Crippen LogP contribution in [-0.4, -0.2) is 29.3 Å². The molecular weight excluding hydrogens is 236 g/mol. The number of hydrogen-bond acceptors (Lipinski definition) is 3. The van der Waals surface area contributed by atoms with E-state index in [1.165, 1.54) is 0 Å². The van der Waals surface area contributed by atoms with Gasteiger partial charge in [0.25, 0.3) is 5.91 Å². The Hall–Kier alpha value is -1.49. The Balaban J connectivity index is 2.19. The van der Waals surface area contributed by atoms with Crippen LogP contribution >= 0.6 is 12.6 Å². The maximum atomic E-state index is 12.2. The van der Waals surface area contributed by atoms with Gasteiger partial charge in [0.2, 0.25) is 5.91 Å². The minimum atomic E-state index is -0.460. The Labute approximate surface area is 105 Å². The van der Waals surface area contributed by atoms with Crippen LogP contribution in [0.1, 0.15) is 23.2 Å². The average Bonchev–Trinajstić information content (AvgIpc) is 2.78. The molecule has 0 saturated carbocycles. The zero-order valence-corrected chi connectivity index (χ0v) is 10.2. The van der Waals surface area contributed by atoms with Crippen LogP contribution < -0.4 is 5.73 Å². The molecule has 90 valence electrons. The van der Waals surface area contributed by atoms with Crippen molar-refractivity contribution < 1.29 is 9.59 Å². The third-order valence-corrected chi connectivity index (χ3v) is 3.25. The van der Waals surface area contributed by atoms with Gasteiger partial charge in [0.05, 0.1) is 0 Å². The number of carbonyl (C=O) groups is 2. The minimum absolute atomic E-state index is 0.139. The number of hydrogen-bond donors (Lipinski definition) is 2. The Bertz CT molecular complexity index is 444. The number of nitrogens with two attached hydrogens (primary N) is 1. The number of rotatable bonds is 2. The second kappa shape index (κ2) is 4.79. The first-order valence-electron chi connectivity index (χ1n) is 5.49. The number of nitrogens with zero attached hydrogens (tertiary/aromatic N) is 1. The molecule has 1 aliphatic heterocycles. The van der Waals surface area contributed by atoms with E-state index in [9.17, 15) is 9.59 Å². The Morgan fingerprint density at radius 2 is 1.94 bits per heavy atom. The van der Waals surface area contributed by atoms with E-state index in [2.05, 4.69) is 12.6 Å². The second-order valence-corrected chi connectivity index (χ2v) is 4.62. The van der Waals surface area contributed by atoms with Crippen molar-refractivity contribution >= 4 is 24.4 Å². The maximum absolute atomic E-state index is 12.2. The summed E-state index contributed by atoms with van der Waals surface area (Å²) in [7, 11) is 0. The predicted molar refractivity (Wildman–Crippen MR) is 66.9 cm³/mol. The van der Waals surface area contributed by atoms with Gasteiger partial charge < -0.3 is 10.6 Å². The third kappa shape index (κ3) is 2.44. The number of benzene rings is 1. The summed E-state index contributed by atoms with van der Waals surface area (Å²) < 4.78 is 0. The molecule has 1 atom stereocenters. The molecule has 0 radical (unpaired) electrons. The molecular formula is C12H14N2O2S. The fraction of sp³-hybridized carbons (Fsp3) is 0.333. The van der Waals surface area contributed by atoms with E-state index in [1.54, 1.807) is 29.2 Å². The first kappa shape index (κ1) is 12.0. The molecule has 0 spiro atoms. The molecule has 5 heteroatoms. The molecule has 1 heterocycles. The summed E-state index contributed by atoms with van der Waals surface area (Å²) in [4.78, 5) is 25.7. The van der Waals surface area contributed by atoms with Crippen LogP contribution in [0, 0.1) is 0 Å². The quantitative estimate of drug-likeness (QED) is 0.771. The topological polar surface area (TPSA) is 63.4 Å². The van der Waals surface area contributed by atoms with E-state index in [0.29, 0.717) is 18.5 Å². The van der Waals surface area contributed by atoms with E-state index < -0.39 is 11.9 Å². The number of carbonyl (C=O) groups excluding carboxylic acids is 2. The summed E-state index contributed by atoms with van der Waals surface area (Å²) in [6, 6.07) is 6.47. The van der Waals surface area contributed by atoms with Gasteiger partial charge in [-0.05, 0) is 37.1 Å². The Kier molecular flexibility index (Phi) is 3.38. The van der Waals surface area contributed by atoms with Crippen LogP contribution in [-0.2, 0) is 4.79 Å². The van der Waals surface area contributed by atoms with Gasteiger partial charge in [-0.25, -0.2) is 0 Å². The molecule has 1 aromatic carbocycles. The van der Waals surface area contributed by atoms with Crippen molar-refractivity contribution in [1.29, 1.82) is 0 Å². The molecule has 2 N–H and O–H groups in total. The highest BCUT2D eigenvalue weighted by atomic mass is 32.1. The van der Waals surface area contributed by atoms with Gasteiger partial charge in [-0.3, -0.25) is 9.59 Å². The van der Waals surface area contributed by atoms with Crippen molar-refractivity contribution in [2.75, 3.05) is 6.54 Å². The summed E-state index contributed by atoms with van der Waals surface area (Å²) in [5.74, 6) is -0.568. The van der Waals surface area contributed by atoms with Gasteiger partial charge in [-0.1, -0.05) is 0 Å². The standard InChI is InChI=1S/C12H14N2O2S/c13-11(15)10-2-1-7-14(10)12(16)8-3-5-9(17)6-4-8/h3-6,10,17H,1-2,7H2,(H2,13,15). The van der Waals surface area contributed by atoms with E-state index in [0.717, 1.165) is 11.3 Å². The fourth-order valence-corrected chi connectivity index (χ4v) is 2.22. The van der Waals surface area contributed by atoms with Crippen molar-refractivity contribution in [1.82, 2.24) is 4.90 Å². The van der Waals surface area contributed by atoms with E-state index in [4.69, 9.17) is 5.73 Å². The second-order valence-electron chi connectivity index (χ2n) is 4.11. The molecule has 1 aliphatic rings. The minimum Gasteiger partial charge on any atom is -0.368 e. The van der Waals surface area contributed by atoms with Crippen LogP contribution in [0.25, 0.3) is 0 Å². The number of amides is 2. The average molecular weight is 250 g/mol. The lowest BCUT2D eigenvalue weighted by molar-refractivity contribution is -0.121. The van der Waals surface area contributed by atoms with Gasteiger partial charge in [0.15, 0.2) is 0 Å². The Morgan fingerprint density at radius 3 is 2.53 bits per heavy atom. The third-order valence-electron chi connectivity index (χ3n) is 2.96. The van der Waals surface area contributed by atoms with E-state index >= 15 is 0 Å². The van der Waals surface area contributed by atoms with Crippen LogP contribution in [0.15, 0.2) is 29.2 Å². The summed E-state index contributed by atoms with van der Waals surface area (Å²) >= 11 is 4.16. The van der Waals surface area contributed by atoms with E-state index in [-0.39, 0.29) is 5.91 Å². The van der Waals surface area contributed by atoms with Gasteiger partial charge in [-0.15, -0.1) is 12.6 Å². The number of thiol groups is 1. The normalized spacial score (nSPS) is 19.4. The molecule has 0 bridgehead atoms. The number of primary amides is 1. The van der Waals surface area contributed by atoms with Gasteiger partial charge in [0.1, 0.15) is 6.04 Å². The van der Waals surface area contributed by atoms with Crippen LogP contribution in [0.4, 0.5) is 0 Å². The number of likely N-dealkylation sites (tertiary alicyclic amines) is 1. The Morgan fingerprint density at radius 1 is 1.29 bits per heavy atom. The van der Waals surface area contributed by atoms with Crippen molar-refractivity contribution in [3.8, 4) is 0 Å². The summed E-state index contributed by atoms with van der Waals surface area (Å²) in [5.41, 5.74) is 5.85. The van der Waals surface area contributed by atoms with Gasteiger partial charge in [-0.2, -0.15) is 0 Å². The predicted octanol–water partition coefficient (Wildman–Crippen LogP) is 1.07. The molecule has 2 rings (SSSR count). The van der Waals surface area contributed by atoms with Gasteiger partial charge >= 0.3 is 0 Å². The first-order chi connectivity index (χ1) is 8.09. The molecule has 0 aromatic heterocycles. The van der Waals surface area contributed by atoms with Crippen molar-refractivity contribution in [2.24, 2.45) is 5.73 Å². The zero-order valence-electron chi connectivity index (χ0n) is 9.30. The summed E-state index contributed by atoms with van der Waals surface area (Å²) in [5, 5.41) is 0. The van der Waals surface area contributed by atoms with Crippen molar-refractivity contribution in [2.45, 2.75) is 23.8 Å². The molecule has 1 fully saturated rings. The lowest BCUT2D eigenvalue weighted by atomic mass is 10.1. The SMILES string of the molecule is NC(=O)C1CCCN1C(=O)c1ccc(S)cc1. The molecule has 1 aromatic rings. The molecule has 4 nitrogen and oxygen atoms in total. The summed E-state index contributed by atoms with van der Waals surface area (Å²) in [6.45, 7) is 0.592. The summed E-state index contributed by atoms with van der Waals surface area (Å²) in [6.07, 6.45) is 1.48. The van der Waals surface area contributed by atoms with Crippen molar-refractivity contribution in [3.63, 3.8) is 0 Å². The first-order valence-corrected chi connectivity index (χ1v) is 5.93. The maximum Gasteiger partial charge on any atom is 0.254 e. The van der Waals surface area contributed by atoms with Crippen LogP contribution in [0.2, 0.25) is 0 Å². The smallest absolute Gasteiger partial charge is 0.254 e. The highest BCUT2D eigenvalue weighted by molar-refractivity contribution is 7.80. The monoisotopic (exact) mass is 250 g/mol. The van der Waals surface area contributed by atoms with Crippen molar-refractivity contribution in [3.05, 3.63) is 29.8 Å². The highest BCUT2D eigenvalue weighted by Gasteiger charge is 2.32. The molecule has 1 saturated heterocycles. The van der Waals surface area contributed by atoms with Crippen LogP contribution in [0.5, 0.6) is 0 Å². The molecule has 2 amide bonds. The largest absolute Gasteiger partial charge is 0.368 e. The highest BCUT2D eigenvalue weighted by Crippen LogP contribution is 2.20. The van der Waals surface area contributed by atoms with E-state index in [1.807, 2.05) is 0 Å². The van der Waals surface area contributed by atoms with Crippen LogP contribution in [0.3, 0.4) is 0 Å². The lowest BCUT2D eigenvalue weighted by Crippen LogP contribution is -2.43. The molecule has 0 aliphatic carbocycles. The fourth-order valence-electron chi connectivity index (χ4n) is 2.08.